The molecule has 0 spiro atoms. The van der Waals surface area contributed by atoms with Crippen molar-refractivity contribution >= 4 is 11.8 Å². The number of hydrogen-bond acceptors (Lipinski definition) is 3. The summed E-state index contributed by atoms with van der Waals surface area (Å²) in [6.45, 7) is 1.73. The minimum atomic E-state index is -0.675. The predicted octanol–water partition coefficient (Wildman–Crippen LogP) is -0.647. The Morgan fingerprint density at radius 1 is 1.55 bits per heavy atom. The standard InChI is InChI=1S/C7H12N2O2/c1-7(8-2)4-5(10)9(3)6(7)11/h8H,4H2,1-3H3. The molecule has 1 unspecified atom stereocenters. The van der Waals surface area contributed by atoms with Crippen molar-refractivity contribution in [1.29, 1.82) is 0 Å². The van der Waals surface area contributed by atoms with E-state index in [0.717, 1.165) is 4.90 Å². The van der Waals surface area contributed by atoms with E-state index >= 15 is 0 Å². The fourth-order valence-electron chi connectivity index (χ4n) is 1.18. The molecule has 0 radical (unpaired) electrons. The van der Waals surface area contributed by atoms with Gasteiger partial charge in [0.1, 0.15) is 5.54 Å². The molecular weight excluding hydrogens is 144 g/mol. The second kappa shape index (κ2) is 2.30. The van der Waals surface area contributed by atoms with Crippen LogP contribution in [-0.4, -0.2) is 36.3 Å². The Hall–Kier alpha value is -0.900. The maximum absolute atomic E-state index is 11.3. The SMILES string of the molecule is CNC1(C)CC(=O)N(C)C1=O. The van der Waals surface area contributed by atoms with Crippen LogP contribution in [0.2, 0.25) is 0 Å². The van der Waals surface area contributed by atoms with Gasteiger partial charge in [-0.2, -0.15) is 0 Å². The van der Waals surface area contributed by atoms with E-state index in [0.29, 0.717) is 0 Å². The summed E-state index contributed by atoms with van der Waals surface area (Å²) in [6.07, 6.45) is 0.263. The van der Waals surface area contributed by atoms with Crippen LogP contribution in [0.5, 0.6) is 0 Å². The molecular formula is C7H12N2O2. The van der Waals surface area contributed by atoms with Gasteiger partial charge in [-0.05, 0) is 14.0 Å². The molecule has 1 saturated heterocycles. The highest BCUT2D eigenvalue weighted by atomic mass is 16.2. The maximum Gasteiger partial charge on any atom is 0.249 e. The van der Waals surface area contributed by atoms with Gasteiger partial charge in [0.15, 0.2) is 0 Å². The van der Waals surface area contributed by atoms with Gasteiger partial charge in [0.25, 0.3) is 0 Å². The molecule has 1 aliphatic rings. The molecule has 4 heteroatoms. The number of likely N-dealkylation sites (tertiary alicyclic amines) is 1. The number of likely N-dealkylation sites (N-methyl/N-ethyl adjacent to an activating group) is 2. The molecule has 2 amide bonds. The lowest BCUT2D eigenvalue weighted by Gasteiger charge is -2.19. The van der Waals surface area contributed by atoms with E-state index in [2.05, 4.69) is 5.32 Å². The van der Waals surface area contributed by atoms with Crippen LogP contribution in [0.3, 0.4) is 0 Å². The Labute approximate surface area is 65.6 Å². The molecule has 1 N–H and O–H groups in total. The van der Waals surface area contributed by atoms with Crippen molar-refractivity contribution in [3.05, 3.63) is 0 Å². The molecule has 1 rings (SSSR count). The van der Waals surface area contributed by atoms with Gasteiger partial charge in [0.05, 0.1) is 6.42 Å². The van der Waals surface area contributed by atoms with Crippen molar-refractivity contribution in [1.82, 2.24) is 10.2 Å². The van der Waals surface area contributed by atoms with E-state index < -0.39 is 5.54 Å². The average molecular weight is 156 g/mol. The predicted molar refractivity (Wildman–Crippen MR) is 39.9 cm³/mol. The summed E-state index contributed by atoms with van der Waals surface area (Å²) < 4.78 is 0. The van der Waals surface area contributed by atoms with E-state index in [-0.39, 0.29) is 18.2 Å². The van der Waals surface area contributed by atoms with Crippen LogP contribution < -0.4 is 5.32 Å². The number of rotatable bonds is 1. The molecule has 0 aliphatic carbocycles. The fourth-order valence-corrected chi connectivity index (χ4v) is 1.18. The highest BCUT2D eigenvalue weighted by Crippen LogP contribution is 2.21. The third-order valence-corrected chi connectivity index (χ3v) is 2.21. The van der Waals surface area contributed by atoms with Gasteiger partial charge in [-0.3, -0.25) is 14.5 Å². The monoisotopic (exact) mass is 156 g/mol. The molecule has 0 bridgehead atoms. The summed E-state index contributed by atoms with van der Waals surface area (Å²) in [6, 6.07) is 0. The first-order valence-corrected chi connectivity index (χ1v) is 3.51. The number of carbonyl (C=O) groups is 2. The number of imide groups is 1. The van der Waals surface area contributed by atoms with Crippen LogP contribution >= 0.6 is 0 Å². The summed E-state index contributed by atoms with van der Waals surface area (Å²) in [7, 11) is 3.19. The smallest absolute Gasteiger partial charge is 0.249 e. The summed E-state index contributed by atoms with van der Waals surface area (Å²) in [5.41, 5.74) is -0.675. The number of hydrogen-bond donors (Lipinski definition) is 1. The first kappa shape index (κ1) is 8.20. The third kappa shape index (κ3) is 1.03. The Balaban J connectivity index is 2.91. The molecule has 0 aromatic heterocycles. The molecule has 0 saturated carbocycles. The van der Waals surface area contributed by atoms with Crippen LogP contribution in [0.15, 0.2) is 0 Å². The van der Waals surface area contributed by atoms with Gasteiger partial charge in [0, 0.05) is 7.05 Å². The zero-order valence-electron chi connectivity index (χ0n) is 6.97. The quantitative estimate of drug-likeness (QED) is 0.513. The summed E-state index contributed by atoms with van der Waals surface area (Å²) >= 11 is 0. The lowest BCUT2D eigenvalue weighted by molar-refractivity contribution is -0.138. The van der Waals surface area contributed by atoms with E-state index in [4.69, 9.17) is 0 Å². The third-order valence-electron chi connectivity index (χ3n) is 2.21. The average Bonchev–Trinajstić information content (AvgIpc) is 2.17. The molecule has 62 valence electrons. The number of carbonyl (C=O) groups excluding carboxylic acids is 2. The second-order valence-corrected chi connectivity index (χ2v) is 3.02. The molecule has 0 aromatic carbocycles. The van der Waals surface area contributed by atoms with Crippen molar-refractivity contribution in [2.45, 2.75) is 18.9 Å². The summed E-state index contributed by atoms with van der Waals surface area (Å²) in [4.78, 5) is 23.5. The first-order valence-electron chi connectivity index (χ1n) is 3.51. The summed E-state index contributed by atoms with van der Waals surface area (Å²) in [5.74, 6) is -0.267. The molecule has 4 nitrogen and oxygen atoms in total. The lowest BCUT2D eigenvalue weighted by Crippen LogP contribution is -2.46. The Morgan fingerprint density at radius 2 is 2.09 bits per heavy atom. The van der Waals surface area contributed by atoms with Crippen molar-refractivity contribution in [2.24, 2.45) is 0 Å². The second-order valence-electron chi connectivity index (χ2n) is 3.02. The Morgan fingerprint density at radius 3 is 2.27 bits per heavy atom. The molecule has 1 heterocycles. The van der Waals surface area contributed by atoms with Gasteiger partial charge in [-0.25, -0.2) is 0 Å². The zero-order valence-corrected chi connectivity index (χ0v) is 6.97. The van der Waals surface area contributed by atoms with Crippen molar-refractivity contribution in [3.8, 4) is 0 Å². The minimum Gasteiger partial charge on any atom is -0.306 e. The zero-order chi connectivity index (χ0) is 8.65. The molecule has 11 heavy (non-hydrogen) atoms. The fraction of sp³-hybridized carbons (Fsp3) is 0.714. The van der Waals surface area contributed by atoms with Crippen LogP contribution in [0.1, 0.15) is 13.3 Å². The van der Waals surface area contributed by atoms with Gasteiger partial charge < -0.3 is 5.32 Å². The number of nitrogens with zero attached hydrogens (tertiary/aromatic N) is 1. The number of nitrogens with one attached hydrogen (secondary N) is 1. The van der Waals surface area contributed by atoms with E-state index in [1.807, 2.05) is 0 Å². The maximum atomic E-state index is 11.3. The van der Waals surface area contributed by atoms with Gasteiger partial charge >= 0.3 is 0 Å². The highest BCUT2D eigenvalue weighted by molar-refractivity contribution is 6.07. The van der Waals surface area contributed by atoms with E-state index in [9.17, 15) is 9.59 Å². The highest BCUT2D eigenvalue weighted by Gasteiger charge is 2.45. The lowest BCUT2D eigenvalue weighted by atomic mass is 10.0. The van der Waals surface area contributed by atoms with E-state index in [1.165, 1.54) is 7.05 Å². The van der Waals surface area contributed by atoms with Crippen LogP contribution in [0.4, 0.5) is 0 Å². The molecule has 1 aliphatic heterocycles. The minimum absolute atomic E-state index is 0.119. The topological polar surface area (TPSA) is 49.4 Å². The number of amides is 2. The van der Waals surface area contributed by atoms with Gasteiger partial charge in [-0.1, -0.05) is 0 Å². The van der Waals surface area contributed by atoms with Gasteiger partial charge in [0.2, 0.25) is 11.8 Å². The van der Waals surface area contributed by atoms with Crippen molar-refractivity contribution < 1.29 is 9.59 Å². The van der Waals surface area contributed by atoms with Crippen LogP contribution in [0, 0.1) is 0 Å². The van der Waals surface area contributed by atoms with Crippen molar-refractivity contribution in [3.63, 3.8) is 0 Å². The molecule has 1 atom stereocenters. The first-order chi connectivity index (χ1) is 5.01. The van der Waals surface area contributed by atoms with Gasteiger partial charge in [-0.15, -0.1) is 0 Å². The van der Waals surface area contributed by atoms with Crippen LogP contribution in [0.25, 0.3) is 0 Å². The Bertz CT molecular complexity index is 214. The molecule has 1 fully saturated rings. The van der Waals surface area contributed by atoms with Crippen LogP contribution in [-0.2, 0) is 9.59 Å². The summed E-state index contributed by atoms with van der Waals surface area (Å²) in [5, 5.41) is 2.84. The van der Waals surface area contributed by atoms with E-state index in [1.54, 1.807) is 14.0 Å². The van der Waals surface area contributed by atoms with Crippen molar-refractivity contribution in [2.75, 3.05) is 14.1 Å². The molecule has 0 aromatic rings. The largest absolute Gasteiger partial charge is 0.306 e. The Kier molecular flexibility index (Phi) is 1.72. The normalized spacial score (nSPS) is 31.7.